The summed E-state index contributed by atoms with van der Waals surface area (Å²) in [6.07, 6.45) is 1.53. The molecular formula is C22H22ClN3O5S. The Morgan fingerprint density at radius 2 is 1.84 bits per heavy atom. The second-order valence-corrected chi connectivity index (χ2v) is 8.75. The molecule has 8 nitrogen and oxygen atoms in total. The van der Waals surface area contributed by atoms with Crippen LogP contribution < -0.4 is 14.8 Å². The molecule has 0 aliphatic rings. The molecule has 0 aliphatic heterocycles. The lowest BCUT2D eigenvalue weighted by atomic mass is 10.2. The Labute approximate surface area is 191 Å². The zero-order valence-corrected chi connectivity index (χ0v) is 18.8. The molecule has 0 bridgehead atoms. The van der Waals surface area contributed by atoms with E-state index in [0.29, 0.717) is 12.3 Å². The summed E-state index contributed by atoms with van der Waals surface area (Å²) in [5.74, 6) is -0.310. The van der Waals surface area contributed by atoms with Gasteiger partial charge in [0.15, 0.2) is 0 Å². The topological polar surface area (TPSA) is 107 Å². The van der Waals surface area contributed by atoms with Crippen molar-refractivity contribution < 1.29 is 22.7 Å². The maximum Gasteiger partial charge on any atom is 0.255 e. The summed E-state index contributed by atoms with van der Waals surface area (Å²) in [6, 6.07) is 16.4. The van der Waals surface area contributed by atoms with Crippen molar-refractivity contribution in [2.75, 3.05) is 25.6 Å². The molecule has 1 heterocycles. The van der Waals surface area contributed by atoms with Crippen LogP contribution in [0.1, 0.15) is 15.9 Å². The second-order valence-electron chi connectivity index (χ2n) is 6.61. The number of sulfonamides is 1. The monoisotopic (exact) mass is 475 g/mol. The second kappa shape index (κ2) is 11.1. The van der Waals surface area contributed by atoms with Crippen LogP contribution in [-0.4, -0.2) is 39.6 Å². The van der Waals surface area contributed by atoms with E-state index in [0.717, 1.165) is 5.56 Å². The maximum atomic E-state index is 12.8. The van der Waals surface area contributed by atoms with Crippen LogP contribution in [0.2, 0.25) is 5.02 Å². The predicted molar refractivity (Wildman–Crippen MR) is 121 cm³/mol. The molecule has 0 radical (unpaired) electrons. The lowest BCUT2D eigenvalue weighted by Gasteiger charge is -2.12. The van der Waals surface area contributed by atoms with Gasteiger partial charge in [-0.2, -0.15) is 0 Å². The number of amides is 1. The minimum Gasteiger partial charge on any atom is -0.474 e. The van der Waals surface area contributed by atoms with Crippen molar-refractivity contribution in [3.63, 3.8) is 0 Å². The molecule has 3 rings (SSSR count). The van der Waals surface area contributed by atoms with Gasteiger partial charge in [0.2, 0.25) is 15.9 Å². The van der Waals surface area contributed by atoms with Gasteiger partial charge in [-0.05, 0) is 35.9 Å². The molecule has 2 N–H and O–H groups in total. The van der Waals surface area contributed by atoms with E-state index in [4.69, 9.17) is 21.1 Å². The molecule has 0 fully saturated rings. The van der Waals surface area contributed by atoms with Gasteiger partial charge < -0.3 is 14.8 Å². The summed E-state index contributed by atoms with van der Waals surface area (Å²) >= 11 is 6.13. The first-order chi connectivity index (χ1) is 15.4. The maximum absolute atomic E-state index is 12.8. The first-order valence-corrected chi connectivity index (χ1v) is 11.5. The zero-order valence-electron chi connectivity index (χ0n) is 17.2. The predicted octanol–water partition coefficient (Wildman–Crippen LogP) is 3.49. The van der Waals surface area contributed by atoms with Crippen LogP contribution in [0.25, 0.3) is 0 Å². The van der Waals surface area contributed by atoms with Crippen LogP contribution >= 0.6 is 11.6 Å². The van der Waals surface area contributed by atoms with Gasteiger partial charge in [0.05, 0.1) is 11.6 Å². The molecule has 0 saturated carbocycles. The molecule has 1 amide bonds. The molecule has 0 spiro atoms. The fourth-order valence-electron chi connectivity index (χ4n) is 2.72. The number of carbonyl (C=O) groups excluding carboxylic acids is 1. The van der Waals surface area contributed by atoms with E-state index in [1.54, 1.807) is 31.4 Å². The van der Waals surface area contributed by atoms with Crippen molar-refractivity contribution in [2.24, 2.45) is 0 Å². The van der Waals surface area contributed by atoms with E-state index in [9.17, 15) is 13.2 Å². The highest BCUT2D eigenvalue weighted by molar-refractivity contribution is 7.89. The molecule has 1 aromatic heterocycles. The van der Waals surface area contributed by atoms with Gasteiger partial charge in [-0.1, -0.05) is 41.9 Å². The summed E-state index contributed by atoms with van der Waals surface area (Å²) in [5.41, 5.74) is 1.25. The van der Waals surface area contributed by atoms with Gasteiger partial charge in [-0.15, -0.1) is 0 Å². The molecule has 32 heavy (non-hydrogen) atoms. The lowest BCUT2D eigenvalue weighted by Crippen LogP contribution is -2.24. The summed E-state index contributed by atoms with van der Waals surface area (Å²) in [5, 5.41) is 2.69. The fraction of sp³-hybridized carbons (Fsp3) is 0.182. The van der Waals surface area contributed by atoms with Crippen LogP contribution in [0.3, 0.4) is 0 Å². The average molecular weight is 476 g/mol. The standard InChI is InChI=1S/C22H22ClN3O5S/c1-30-12-13-31-22-19(8-5-11-24-22)26-21(27)17-9-10-18(23)20(14-17)32(28,29)25-15-16-6-3-2-4-7-16/h2-11,14,25H,12-13,15H2,1H3,(H,26,27). The van der Waals surface area contributed by atoms with Crippen molar-refractivity contribution in [3.8, 4) is 5.88 Å². The molecule has 3 aromatic rings. The Morgan fingerprint density at radius 3 is 2.59 bits per heavy atom. The van der Waals surface area contributed by atoms with Crippen LogP contribution in [0.4, 0.5) is 5.69 Å². The highest BCUT2D eigenvalue weighted by Gasteiger charge is 2.21. The smallest absolute Gasteiger partial charge is 0.255 e. The lowest BCUT2D eigenvalue weighted by molar-refractivity contribution is 0.102. The van der Waals surface area contributed by atoms with Crippen LogP contribution in [0.15, 0.2) is 71.8 Å². The Bertz CT molecular complexity index is 1170. The number of rotatable bonds is 10. The van der Waals surface area contributed by atoms with Gasteiger partial charge in [0.1, 0.15) is 17.2 Å². The minimum absolute atomic E-state index is 0.00655. The van der Waals surface area contributed by atoms with E-state index >= 15 is 0 Å². The number of hydrogen-bond acceptors (Lipinski definition) is 6. The van der Waals surface area contributed by atoms with E-state index < -0.39 is 15.9 Å². The zero-order chi connectivity index (χ0) is 23.0. The number of ether oxygens (including phenoxy) is 2. The third kappa shape index (κ3) is 6.27. The van der Waals surface area contributed by atoms with Crippen molar-refractivity contribution in [3.05, 3.63) is 83.0 Å². The van der Waals surface area contributed by atoms with Crippen LogP contribution in [-0.2, 0) is 21.3 Å². The van der Waals surface area contributed by atoms with Gasteiger partial charge in [-0.3, -0.25) is 4.79 Å². The number of methoxy groups -OCH3 is 1. The highest BCUT2D eigenvalue weighted by Crippen LogP contribution is 2.25. The quantitative estimate of drug-likeness (QED) is 0.435. The Balaban J connectivity index is 1.77. The summed E-state index contributed by atoms with van der Waals surface area (Å²) in [7, 11) is -2.41. The Morgan fingerprint density at radius 1 is 1.06 bits per heavy atom. The summed E-state index contributed by atoms with van der Waals surface area (Å²) in [6.45, 7) is 0.707. The van der Waals surface area contributed by atoms with Gasteiger partial charge >= 0.3 is 0 Å². The van der Waals surface area contributed by atoms with Crippen LogP contribution in [0.5, 0.6) is 5.88 Å². The number of nitrogens with one attached hydrogen (secondary N) is 2. The molecule has 10 heteroatoms. The van der Waals surface area contributed by atoms with Gasteiger partial charge in [0.25, 0.3) is 5.91 Å². The van der Waals surface area contributed by atoms with E-state index in [1.165, 1.54) is 24.4 Å². The first kappa shape index (κ1) is 23.7. The number of pyridine rings is 1. The van der Waals surface area contributed by atoms with Crippen molar-refractivity contribution in [1.29, 1.82) is 0 Å². The number of benzene rings is 2. The third-order valence-electron chi connectivity index (χ3n) is 4.34. The normalized spacial score (nSPS) is 11.2. The molecule has 0 unspecified atom stereocenters. The number of aromatic nitrogens is 1. The molecule has 0 aliphatic carbocycles. The SMILES string of the molecule is COCCOc1ncccc1NC(=O)c1ccc(Cl)c(S(=O)(=O)NCc2ccccc2)c1. The van der Waals surface area contributed by atoms with Gasteiger partial charge in [-0.25, -0.2) is 18.1 Å². The van der Waals surface area contributed by atoms with Crippen LogP contribution in [0, 0.1) is 0 Å². The van der Waals surface area contributed by atoms with Crippen molar-refractivity contribution in [2.45, 2.75) is 11.4 Å². The number of halogens is 1. The summed E-state index contributed by atoms with van der Waals surface area (Å²) < 4.78 is 38.5. The summed E-state index contributed by atoms with van der Waals surface area (Å²) in [4.78, 5) is 16.7. The van der Waals surface area contributed by atoms with E-state index in [2.05, 4.69) is 15.0 Å². The first-order valence-electron chi connectivity index (χ1n) is 9.62. The van der Waals surface area contributed by atoms with E-state index in [1.807, 2.05) is 18.2 Å². The minimum atomic E-state index is -3.95. The largest absolute Gasteiger partial charge is 0.474 e. The molecule has 168 valence electrons. The Hall–Kier alpha value is -2.98. The van der Waals surface area contributed by atoms with E-state index in [-0.39, 0.29) is 34.5 Å². The average Bonchev–Trinajstić information content (AvgIpc) is 2.80. The Kier molecular flexibility index (Phi) is 8.18. The van der Waals surface area contributed by atoms with Gasteiger partial charge in [0, 0.05) is 25.4 Å². The highest BCUT2D eigenvalue weighted by atomic mass is 35.5. The molecule has 2 aromatic carbocycles. The third-order valence-corrected chi connectivity index (χ3v) is 6.22. The molecular weight excluding hydrogens is 454 g/mol. The number of nitrogens with zero attached hydrogens (tertiary/aromatic N) is 1. The van der Waals surface area contributed by atoms with Crippen molar-refractivity contribution in [1.82, 2.24) is 9.71 Å². The number of hydrogen-bond donors (Lipinski definition) is 2. The number of carbonyl (C=O) groups is 1. The van der Waals surface area contributed by atoms with Crippen molar-refractivity contribution >= 4 is 33.2 Å². The molecule has 0 saturated heterocycles. The molecule has 0 atom stereocenters. The fourth-order valence-corrected chi connectivity index (χ4v) is 4.26. The number of anilines is 1.